The van der Waals surface area contributed by atoms with Crippen LogP contribution in [0.3, 0.4) is 0 Å². The van der Waals surface area contributed by atoms with Crippen LogP contribution in [0.1, 0.15) is 17.4 Å². The molecule has 0 spiro atoms. The van der Waals surface area contributed by atoms with Gasteiger partial charge in [-0.2, -0.15) is 18.3 Å². The summed E-state index contributed by atoms with van der Waals surface area (Å²) in [5.74, 6) is 0. The van der Waals surface area contributed by atoms with Gasteiger partial charge in [-0.3, -0.25) is 4.68 Å². The number of aryl methyl sites for hydroxylation is 2. The summed E-state index contributed by atoms with van der Waals surface area (Å²) in [5, 5.41) is 12.6. The van der Waals surface area contributed by atoms with Gasteiger partial charge in [0.2, 0.25) is 0 Å². The van der Waals surface area contributed by atoms with Crippen molar-refractivity contribution in [2.45, 2.75) is 19.2 Å². The van der Waals surface area contributed by atoms with E-state index in [1.165, 1.54) is 18.7 Å². The highest BCUT2D eigenvalue weighted by molar-refractivity contribution is 5.19. The minimum atomic E-state index is -4.63. The Morgan fingerprint density at radius 1 is 1.54 bits per heavy atom. The van der Waals surface area contributed by atoms with Gasteiger partial charge in [0.1, 0.15) is 0 Å². The average Bonchev–Trinajstić information content (AvgIpc) is 2.26. The number of alkyl halides is 3. The molecule has 0 saturated heterocycles. The lowest BCUT2D eigenvalue weighted by Gasteiger charge is -2.12. The summed E-state index contributed by atoms with van der Waals surface area (Å²) >= 11 is 0. The van der Waals surface area contributed by atoms with Crippen LogP contribution in [0.15, 0.2) is 6.20 Å². The Labute approximate surface area is 72.8 Å². The molecular formula is C7H9F3N2O. The molecule has 1 aromatic rings. The van der Waals surface area contributed by atoms with Gasteiger partial charge in [0, 0.05) is 18.8 Å². The van der Waals surface area contributed by atoms with E-state index < -0.39 is 12.3 Å². The van der Waals surface area contributed by atoms with E-state index in [1.807, 2.05) is 0 Å². The number of aliphatic hydroxyl groups is 1. The molecule has 0 unspecified atom stereocenters. The van der Waals surface area contributed by atoms with Crippen molar-refractivity contribution < 1.29 is 18.3 Å². The smallest absolute Gasteiger partial charge is 0.379 e. The summed E-state index contributed by atoms with van der Waals surface area (Å²) in [7, 11) is 1.50. The lowest BCUT2D eigenvalue weighted by atomic mass is 10.1. The van der Waals surface area contributed by atoms with Crippen molar-refractivity contribution in [1.82, 2.24) is 9.78 Å². The SMILES string of the molecule is Cc1nn(C)cc1[C@@H](O)C(F)(F)F. The third-order valence-electron chi connectivity index (χ3n) is 1.66. The summed E-state index contributed by atoms with van der Waals surface area (Å²) in [5.41, 5.74) is -0.0117. The first kappa shape index (κ1) is 10.0. The molecule has 0 fully saturated rings. The second-order valence-electron chi connectivity index (χ2n) is 2.79. The van der Waals surface area contributed by atoms with Crippen LogP contribution in [0.4, 0.5) is 13.2 Å². The highest BCUT2D eigenvalue weighted by Crippen LogP contribution is 2.33. The zero-order chi connectivity index (χ0) is 10.2. The quantitative estimate of drug-likeness (QED) is 0.732. The van der Waals surface area contributed by atoms with Crippen LogP contribution < -0.4 is 0 Å². The predicted molar refractivity (Wildman–Crippen MR) is 39.0 cm³/mol. The normalized spacial score (nSPS) is 14.6. The van der Waals surface area contributed by atoms with Crippen LogP contribution in [0.5, 0.6) is 0 Å². The Balaban J connectivity index is 3.01. The molecular weight excluding hydrogens is 185 g/mol. The number of rotatable bonds is 1. The third-order valence-corrected chi connectivity index (χ3v) is 1.66. The Morgan fingerprint density at radius 3 is 2.38 bits per heavy atom. The maximum absolute atomic E-state index is 12.0. The monoisotopic (exact) mass is 194 g/mol. The summed E-state index contributed by atoms with van der Waals surface area (Å²) < 4.78 is 37.3. The summed E-state index contributed by atoms with van der Waals surface area (Å²) in [6.07, 6.45) is -5.91. The van der Waals surface area contributed by atoms with Crippen molar-refractivity contribution in [3.05, 3.63) is 17.5 Å². The van der Waals surface area contributed by atoms with Gasteiger partial charge >= 0.3 is 6.18 Å². The molecule has 0 bridgehead atoms. The van der Waals surface area contributed by atoms with Crippen LogP contribution in [0.2, 0.25) is 0 Å². The first-order chi connectivity index (χ1) is 5.82. The van der Waals surface area contributed by atoms with E-state index in [4.69, 9.17) is 5.11 Å². The van der Waals surface area contributed by atoms with Gasteiger partial charge in [0.25, 0.3) is 0 Å². The Hall–Kier alpha value is -1.04. The van der Waals surface area contributed by atoms with Crippen LogP contribution in [0, 0.1) is 6.92 Å². The number of hydrogen-bond donors (Lipinski definition) is 1. The molecule has 0 amide bonds. The molecule has 6 heteroatoms. The predicted octanol–water partition coefficient (Wildman–Crippen LogP) is 1.32. The lowest BCUT2D eigenvalue weighted by Crippen LogP contribution is -2.20. The molecule has 74 valence electrons. The fourth-order valence-electron chi connectivity index (χ4n) is 1.06. The fraction of sp³-hybridized carbons (Fsp3) is 0.571. The lowest BCUT2D eigenvalue weighted by molar-refractivity contribution is -0.207. The van der Waals surface area contributed by atoms with Gasteiger partial charge in [-0.15, -0.1) is 0 Å². The van der Waals surface area contributed by atoms with E-state index in [1.54, 1.807) is 0 Å². The summed E-state index contributed by atoms with van der Waals surface area (Å²) in [4.78, 5) is 0. The first-order valence-electron chi connectivity index (χ1n) is 3.57. The minimum Gasteiger partial charge on any atom is -0.379 e. The Bertz CT molecular complexity index is 305. The summed E-state index contributed by atoms with van der Waals surface area (Å²) in [6.45, 7) is 1.42. The van der Waals surface area contributed by atoms with Crippen molar-refractivity contribution in [2.75, 3.05) is 0 Å². The second kappa shape index (κ2) is 3.02. The topological polar surface area (TPSA) is 38.0 Å². The van der Waals surface area contributed by atoms with Gasteiger partial charge < -0.3 is 5.11 Å². The van der Waals surface area contributed by atoms with Gasteiger partial charge in [-0.1, -0.05) is 0 Å². The molecule has 1 atom stereocenters. The first-order valence-corrected chi connectivity index (χ1v) is 3.57. The van der Waals surface area contributed by atoms with Gasteiger partial charge in [0.15, 0.2) is 6.10 Å². The zero-order valence-electron chi connectivity index (χ0n) is 7.13. The average molecular weight is 194 g/mol. The highest BCUT2D eigenvalue weighted by atomic mass is 19.4. The maximum atomic E-state index is 12.0. The van der Waals surface area contributed by atoms with Crippen LogP contribution in [-0.2, 0) is 7.05 Å². The van der Waals surface area contributed by atoms with Crippen molar-refractivity contribution >= 4 is 0 Å². The standard InChI is InChI=1S/C7H9F3N2O/c1-4-5(3-12(2)11-4)6(13)7(8,9)10/h3,6,13H,1-2H3/t6-/m1/s1. The van der Waals surface area contributed by atoms with E-state index in [0.29, 0.717) is 0 Å². The number of nitrogens with zero attached hydrogens (tertiary/aromatic N) is 2. The van der Waals surface area contributed by atoms with Gasteiger partial charge in [-0.05, 0) is 6.92 Å². The maximum Gasteiger partial charge on any atom is 0.418 e. The van der Waals surface area contributed by atoms with E-state index in [9.17, 15) is 13.2 Å². The van der Waals surface area contributed by atoms with Crippen molar-refractivity contribution in [3.8, 4) is 0 Å². The number of hydrogen-bond acceptors (Lipinski definition) is 2. The Kier molecular flexibility index (Phi) is 2.34. The fourth-order valence-corrected chi connectivity index (χ4v) is 1.06. The molecule has 0 aliphatic carbocycles. The molecule has 13 heavy (non-hydrogen) atoms. The zero-order valence-corrected chi connectivity index (χ0v) is 7.13. The highest BCUT2D eigenvalue weighted by Gasteiger charge is 2.40. The van der Waals surface area contributed by atoms with Crippen molar-refractivity contribution in [2.24, 2.45) is 7.05 Å². The molecule has 1 rings (SSSR count). The van der Waals surface area contributed by atoms with Crippen LogP contribution in [0.25, 0.3) is 0 Å². The van der Waals surface area contributed by atoms with E-state index in [0.717, 1.165) is 6.20 Å². The van der Waals surface area contributed by atoms with E-state index in [2.05, 4.69) is 5.10 Å². The van der Waals surface area contributed by atoms with Gasteiger partial charge in [0.05, 0.1) is 5.69 Å². The van der Waals surface area contributed by atoms with E-state index in [-0.39, 0.29) is 11.3 Å². The largest absolute Gasteiger partial charge is 0.418 e. The molecule has 1 aromatic heterocycles. The molecule has 0 aromatic carbocycles. The third kappa shape index (κ3) is 2.00. The van der Waals surface area contributed by atoms with E-state index >= 15 is 0 Å². The molecule has 1 N–H and O–H groups in total. The molecule has 0 radical (unpaired) electrons. The molecule has 3 nitrogen and oxygen atoms in total. The number of halogens is 3. The Morgan fingerprint density at radius 2 is 2.08 bits per heavy atom. The van der Waals surface area contributed by atoms with Crippen LogP contribution in [-0.4, -0.2) is 21.1 Å². The minimum absolute atomic E-state index is 0.187. The number of aliphatic hydroxyl groups excluding tert-OH is 1. The van der Waals surface area contributed by atoms with Crippen LogP contribution >= 0.6 is 0 Å². The molecule has 0 saturated carbocycles. The van der Waals surface area contributed by atoms with Crippen molar-refractivity contribution in [1.29, 1.82) is 0 Å². The summed E-state index contributed by atoms with van der Waals surface area (Å²) in [6, 6.07) is 0. The number of aromatic nitrogens is 2. The van der Waals surface area contributed by atoms with Crippen molar-refractivity contribution in [3.63, 3.8) is 0 Å². The van der Waals surface area contributed by atoms with Gasteiger partial charge in [-0.25, -0.2) is 0 Å². The molecule has 0 aliphatic rings. The molecule has 1 heterocycles. The second-order valence-corrected chi connectivity index (χ2v) is 2.79. The molecule has 0 aliphatic heterocycles.